The highest BCUT2D eigenvalue weighted by atomic mass is 19.1. The van der Waals surface area contributed by atoms with Gasteiger partial charge in [-0.25, -0.2) is 14.4 Å². The average Bonchev–Trinajstić information content (AvgIpc) is 3.84. The minimum Gasteiger partial charge on any atom is -0.348 e. The molecule has 1 aliphatic rings. The molecule has 1 atom stereocenters. The molecular weight excluding hydrogens is 680 g/mol. The van der Waals surface area contributed by atoms with E-state index in [1.165, 1.54) is 12.1 Å². The van der Waals surface area contributed by atoms with Crippen molar-refractivity contribution < 1.29 is 18.7 Å². The van der Waals surface area contributed by atoms with Crippen LogP contribution in [0.1, 0.15) is 68.1 Å². The number of fused-ring (bicyclic) bond motifs is 2. The third kappa shape index (κ3) is 6.45. The van der Waals surface area contributed by atoms with Gasteiger partial charge in [0.15, 0.2) is 11.4 Å². The van der Waals surface area contributed by atoms with Crippen molar-refractivity contribution in [3.05, 3.63) is 150 Å². The first-order chi connectivity index (χ1) is 25.9. The van der Waals surface area contributed by atoms with Gasteiger partial charge in [0.1, 0.15) is 28.3 Å². The van der Waals surface area contributed by atoms with Crippen LogP contribution < -0.4 is 5.32 Å². The summed E-state index contributed by atoms with van der Waals surface area (Å²) < 4.78 is 30.4. The SMILES string of the molecule is CC(C)(C)NC(=O)c1cn(C(c2ccccc2)(c2ccccc2)c2ccccc2)c2ncc(-c3nn(CCC4COC(C)(C)O4)c4cc(F)ccc34)nc12. The lowest BCUT2D eigenvalue weighted by Crippen LogP contribution is -2.40. The van der Waals surface area contributed by atoms with Gasteiger partial charge in [0.2, 0.25) is 0 Å². The van der Waals surface area contributed by atoms with Crippen molar-refractivity contribution in [2.24, 2.45) is 0 Å². The molecule has 1 fully saturated rings. The average molecular weight is 723 g/mol. The van der Waals surface area contributed by atoms with Gasteiger partial charge in [-0.1, -0.05) is 91.0 Å². The van der Waals surface area contributed by atoms with E-state index in [1.807, 2.05) is 95.4 Å². The van der Waals surface area contributed by atoms with Crippen LogP contribution in [0.5, 0.6) is 0 Å². The number of hydrogen-bond acceptors (Lipinski definition) is 6. The number of aromatic nitrogens is 5. The number of nitrogens with zero attached hydrogens (tertiary/aromatic N) is 5. The van der Waals surface area contributed by atoms with Gasteiger partial charge in [0, 0.05) is 23.7 Å². The molecular formula is C44H43FN6O3. The predicted molar refractivity (Wildman–Crippen MR) is 208 cm³/mol. The van der Waals surface area contributed by atoms with Crippen LogP contribution in [0.3, 0.4) is 0 Å². The van der Waals surface area contributed by atoms with Crippen molar-refractivity contribution in [1.82, 2.24) is 29.6 Å². The van der Waals surface area contributed by atoms with Crippen molar-refractivity contribution in [1.29, 1.82) is 0 Å². The lowest BCUT2D eigenvalue weighted by molar-refractivity contribution is -0.139. The molecule has 0 bridgehead atoms. The number of halogens is 1. The fourth-order valence-electron chi connectivity index (χ4n) is 7.57. The van der Waals surface area contributed by atoms with E-state index in [-0.39, 0.29) is 17.8 Å². The Morgan fingerprint density at radius 2 is 1.52 bits per heavy atom. The Balaban J connectivity index is 1.35. The monoisotopic (exact) mass is 722 g/mol. The highest BCUT2D eigenvalue weighted by Gasteiger charge is 2.41. The normalized spacial score (nSPS) is 15.9. The maximum atomic E-state index is 14.7. The topological polar surface area (TPSA) is 96.1 Å². The molecule has 9 nitrogen and oxygen atoms in total. The molecule has 0 radical (unpaired) electrons. The third-order valence-electron chi connectivity index (χ3n) is 9.85. The summed E-state index contributed by atoms with van der Waals surface area (Å²) in [5.41, 5.74) is 4.45. The third-order valence-corrected chi connectivity index (χ3v) is 9.85. The number of amides is 1. The summed E-state index contributed by atoms with van der Waals surface area (Å²) in [6.07, 6.45) is 4.08. The van der Waals surface area contributed by atoms with E-state index < -0.39 is 16.9 Å². The molecule has 1 aliphatic heterocycles. The zero-order valence-corrected chi connectivity index (χ0v) is 31.1. The smallest absolute Gasteiger partial charge is 0.255 e. The van der Waals surface area contributed by atoms with Gasteiger partial charge in [-0.2, -0.15) is 5.10 Å². The molecule has 0 spiro atoms. The van der Waals surface area contributed by atoms with Crippen LogP contribution in [-0.2, 0) is 21.6 Å². The van der Waals surface area contributed by atoms with Crippen LogP contribution in [0.2, 0.25) is 0 Å². The Morgan fingerprint density at radius 3 is 2.07 bits per heavy atom. The Bertz CT molecular complexity index is 2360. The molecule has 1 N–H and O–H groups in total. The van der Waals surface area contributed by atoms with Crippen molar-refractivity contribution in [2.45, 2.75) is 70.6 Å². The molecule has 4 aromatic carbocycles. The Labute approximate surface area is 313 Å². The van der Waals surface area contributed by atoms with E-state index in [0.29, 0.717) is 53.2 Å². The molecule has 1 amide bonds. The summed E-state index contributed by atoms with van der Waals surface area (Å²) in [6, 6.07) is 35.4. The number of carbonyl (C=O) groups excluding carboxylic acids is 1. The number of benzene rings is 4. The highest BCUT2D eigenvalue weighted by Crippen LogP contribution is 2.43. The standard InChI is InChI=1S/C44H43FN6O3/c1-42(2,3)48-41(52)35-27-50(44(29-15-9-6-10-16-29,30-17-11-7-12-18-30)31-19-13-8-14-20-31)40-39(35)47-36(26-46-40)38-34-22-21-32(45)25-37(34)51(49-38)24-23-33-28-53-43(4,5)54-33/h6-22,25-27,33H,23-24,28H2,1-5H3,(H,48,52). The quantitative estimate of drug-likeness (QED) is 0.150. The molecule has 274 valence electrons. The number of aryl methyl sites for hydroxylation is 1. The van der Waals surface area contributed by atoms with Gasteiger partial charge < -0.3 is 19.4 Å². The second-order valence-corrected chi connectivity index (χ2v) is 15.3. The summed E-state index contributed by atoms with van der Waals surface area (Å²) in [6.45, 7) is 10.6. The van der Waals surface area contributed by atoms with Crippen LogP contribution in [0.4, 0.5) is 4.39 Å². The van der Waals surface area contributed by atoms with Crippen molar-refractivity contribution in [3.8, 4) is 11.4 Å². The fourth-order valence-corrected chi connectivity index (χ4v) is 7.57. The largest absolute Gasteiger partial charge is 0.348 e. The first-order valence-electron chi connectivity index (χ1n) is 18.3. The lowest BCUT2D eigenvalue weighted by Gasteiger charge is -2.38. The van der Waals surface area contributed by atoms with E-state index in [0.717, 1.165) is 22.1 Å². The second-order valence-electron chi connectivity index (χ2n) is 15.3. The van der Waals surface area contributed by atoms with Gasteiger partial charge in [-0.15, -0.1) is 0 Å². The molecule has 1 unspecified atom stereocenters. The molecule has 54 heavy (non-hydrogen) atoms. The van der Waals surface area contributed by atoms with Crippen LogP contribution in [0.15, 0.2) is 122 Å². The molecule has 4 heterocycles. The fraction of sp³-hybridized carbons (Fsp3) is 0.273. The summed E-state index contributed by atoms with van der Waals surface area (Å²) in [7, 11) is 0. The lowest BCUT2D eigenvalue weighted by atomic mass is 9.76. The minimum absolute atomic E-state index is 0.116. The minimum atomic E-state index is -0.940. The van der Waals surface area contributed by atoms with Crippen LogP contribution in [0, 0.1) is 5.82 Å². The first kappa shape index (κ1) is 35.3. The molecule has 10 heteroatoms. The van der Waals surface area contributed by atoms with E-state index in [1.54, 1.807) is 16.9 Å². The first-order valence-corrected chi connectivity index (χ1v) is 18.3. The van der Waals surface area contributed by atoms with Crippen molar-refractivity contribution >= 4 is 28.0 Å². The number of carbonyl (C=O) groups is 1. The summed E-state index contributed by atoms with van der Waals surface area (Å²) in [5, 5.41) is 8.86. The second kappa shape index (κ2) is 13.6. The molecule has 0 aliphatic carbocycles. The van der Waals surface area contributed by atoms with E-state index in [4.69, 9.17) is 24.5 Å². The molecule has 8 rings (SSSR count). The Hall–Kier alpha value is -5.71. The van der Waals surface area contributed by atoms with Gasteiger partial charge in [0.25, 0.3) is 5.91 Å². The van der Waals surface area contributed by atoms with Crippen molar-refractivity contribution in [2.75, 3.05) is 6.61 Å². The van der Waals surface area contributed by atoms with Crippen LogP contribution in [-0.4, -0.2) is 54.3 Å². The van der Waals surface area contributed by atoms with E-state index >= 15 is 0 Å². The molecule has 0 saturated carbocycles. The maximum absolute atomic E-state index is 14.7. The summed E-state index contributed by atoms with van der Waals surface area (Å²) in [5.74, 6) is -1.29. The molecule has 3 aromatic heterocycles. The summed E-state index contributed by atoms with van der Waals surface area (Å²) >= 11 is 0. The maximum Gasteiger partial charge on any atom is 0.255 e. The Kier molecular flexibility index (Phi) is 8.90. The number of hydrogen-bond donors (Lipinski definition) is 1. The van der Waals surface area contributed by atoms with Gasteiger partial charge >= 0.3 is 0 Å². The number of nitrogens with one attached hydrogen (secondary N) is 1. The molecule has 1 saturated heterocycles. The summed E-state index contributed by atoms with van der Waals surface area (Å²) in [4.78, 5) is 24.6. The Morgan fingerprint density at radius 1 is 0.907 bits per heavy atom. The van der Waals surface area contributed by atoms with Crippen LogP contribution in [0.25, 0.3) is 33.5 Å². The zero-order valence-electron chi connectivity index (χ0n) is 31.1. The molecule has 7 aromatic rings. The predicted octanol–water partition coefficient (Wildman–Crippen LogP) is 8.50. The van der Waals surface area contributed by atoms with E-state index in [9.17, 15) is 9.18 Å². The number of rotatable bonds is 9. The van der Waals surface area contributed by atoms with Gasteiger partial charge in [-0.05, 0) is 75.9 Å². The van der Waals surface area contributed by atoms with E-state index in [2.05, 4.69) is 46.3 Å². The highest BCUT2D eigenvalue weighted by molar-refractivity contribution is 6.06. The van der Waals surface area contributed by atoms with Crippen molar-refractivity contribution in [3.63, 3.8) is 0 Å². The van der Waals surface area contributed by atoms with Gasteiger partial charge in [0.05, 0.1) is 30.0 Å². The van der Waals surface area contributed by atoms with Gasteiger partial charge in [-0.3, -0.25) is 9.48 Å². The zero-order chi connectivity index (χ0) is 37.7. The van der Waals surface area contributed by atoms with Crippen LogP contribution >= 0.6 is 0 Å². The number of ether oxygens (including phenoxy) is 2.